The molecule has 10 heteroatoms. The van der Waals surface area contributed by atoms with Gasteiger partial charge in [0, 0.05) is 24.5 Å². The molecule has 2 rings (SSSR count). The smallest absolute Gasteiger partial charge is 0.320 e. The van der Waals surface area contributed by atoms with Crippen molar-refractivity contribution in [3.63, 3.8) is 0 Å². The number of likely N-dealkylation sites (N-methyl/N-ethyl adjacent to an activating group) is 1. The van der Waals surface area contributed by atoms with Gasteiger partial charge in [-0.05, 0) is 50.4 Å². The highest BCUT2D eigenvalue weighted by atomic mass is 16.5. The summed E-state index contributed by atoms with van der Waals surface area (Å²) in [5.41, 5.74) is 1.71. The summed E-state index contributed by atoms with van der Waals surface area (Å²) in [5.74, 6) is -0.724. The van der Waals surface area contributed by atoms with Crippen LogP contribution in [-0.2, 0) is 22.4 Å². The van der Waals surface area contributed by atoms with E-state index in [0.29, 0.717) is 43.9 Å². The van der Waals surface area contributed by atoms with Crippen LogP contribution in [0.5, 0.6) is 11.6 Å². The Balaban J connectivity index is 1.71. The Hall–Kier alpha value is -3.24. The number of aliphatic carboxylic acids is 2. The van der Waals surface area contributed by atoms with Gasteiger partial charge in [-0.3, -0.25) is 14.6 Å². The van der Waals surface area contributed by atoms with Crippen molar-refractivity contribution in [3.8, 4) is 11.6 Å². The number of nitrogens with zero attached hydrogens (tertiary/aromatic N) is 2. The summed E-state index contributed by atoms with van der Waals surface area (Å²) < 4.78 is 10.6. The van der Waals surface area contributed by atoms with E-state index in [1.54, 1.807) is 44.8 Å². The van der Waals surface area contributed by atoms with E-state index in [2.05, 4.69) is 20.6 Å². The largest absolute Gasteiger partial charge is 0.491 e. The Kier molecular flexibility index (Phi) is 10.3. The van der Waals surface area contributed by atoms with Crippen LogP contribution in [0.1, 0.15) is 24.1 Å². The number of carbonyl (C=O) groups is 2. The zero-order valence-electron chi connectivity index (χ0n) is 18.3. The lowest BCUT2D eigenvalue weighted by atomic mass is 10.1. The van der Waals surface area contributed by atoms with Crippen LogP contribution in [0.25, 0.3) is 0 Å². The van der Waals surface area contributed by atoms with Crippen LogP contribution in [0.4, 0.5) is 0 Å². The molecule has 0 fully saturated rings. The van der Waals surface area contributed by atoms with Crippen LogP contribution >= 0.6 is 0 Å². The molecule has 2 aromatic rings. The summed E-state index contributed by atoms with van der Waals surface area (Å²) in [4.78, 5) is 30.9. The molecule has 0 amide bonds. The number of pyridine rings is 2. The van der Waals surface area contributed by atoms with Crippen molar-refractivity contribution in [1.82, 2.24) is 20.6 Å². The molecule has 2 aromatic heterocycles. The van der Waals surface area contributed by atoms with E-state index >= 15 is 0 Å². The van der Waals surface area contributed by atoms with Gasteiger partial charge in [0.15, 0.2) is 0 Å². The molecule has 4 N–H and O–H groups in total. The third kappa shape index (κ3) is 8.48. The molecule has 32 heavy (non-hydrogen) atoms. The topological polar surface area (TPSA) is 143 Å². The second-order valence-corrected chi connectivity index (χ2v) is 7.14. The number of rotatable bonds is 15. The van der Waals surface area contributed by atoms with Crippen LogP contribution in [0.15, 0.2) is 36.7 Å². The predicted molar refractivity (Wildman–Crippen MR) is 117 cm³/mol. The predicted octanol–water partition coefficient (Wildman–Crippen LogP) is 1.14. The summed E-state index contributed by atoms with van der Waals surface area (Å²) >= 11 is 0. The minimum atomic E-state index is -0.918. The maximum Gasteiger partial charge on any atom is 0.320 e. The van der Waals surface area contributed by atoms with Gasteiger partial charge >= 0.3 is 11.9 Å². The second-order valence-electron chi connectivity index (χ2n) is 7.14. The number of nitrogens with one attached hydrogen (secondary N) is 2. The van der Waals surface area contributed by atoms with Gasteiger partial charge in [0.25, 0.3) is 0 Å². The third-order valence-corrected chi connectivity index (χ3v) is 4.92. The molecule has 0 aliphatic rings. The summed E-state index contributed by atoms with van der Waals surface area (Å²) in [6, 6.07) is 5.86. The molecule has 0 unspecified atom stereocenters. The maximum atomic E-state index is 11.5. The number of carboxylic acid groups (broad SMARTS) is 2. The zero-order valence-corrected chi connectivity index (χ0v) is 18.3. The third-order valence-electron chi connectivity index (χ3n) is 4.92. The van der Waals surface area contributed by atoms with E-state index in [1.165, 1.54) is 0 Å². The van der Waals surface area contributed by atoms with Gasteiger partial charge in [0.2, 0.25) is 5.88 Å². The number of aryl methyl sites for hydroxylation is 2. The van der Waals surface area contributed by atoms with Gasteiger partial charge in [-0.1, -0.05) is 6.07 Å². The number of ether oxygens (including phenoxy) is 2. The van der Waals surface area contributed by atoms with E-state index in [4.69, 9.17) is 14.6 Å². The average molecular weight is 447 g/mol. The average Bonchev–Trinajstić information content (AvgIpc) is 2.79. The fourth-order valence-corrected chi connectivity index (χ4v) is 3.03. The molecule has 0 saturated heterocycles. The van der Waals surface area contributed by atoms with Gasteiger partial charge in [-0.15, -0.1) is 0 Å². The summed E-state index contributed by atoms with van der Waals surface area (Å²) in [6.07, 6.45) is 5.22. The van der Waals surface area contributed by atoms with E-state index in [9.17, 15) is 14.7 Å². The molecule has 0 spiro atoms. The Morgan fingerprint density at radius 2 is 1.75 bits per heavy atom. The Labute approximate surface area is 187 Å². The molecule has 0 radical (unpaired) electrons. The highest BCUT2D eigenvalue weighted by Crippen LogP contribution is 2.12. The first-order valence-electron chi connectivity index (χ1n) is 10.4. The molecule has 2 heterocycles. The van der Waals surface area contributed by atoms with Crippen LogP contribution in [0, 0.1) is 0 Å². The van der Waals surface area contributed by atoms with Gasteiger partial charge in [-0.25, -0.2) is 4.98 Å². The first-order valence-corrected chi connectivity index (χ1v) is 10.4. The molecular formula is C22H30N4O6. The van der Waals surface area contributed by atoms with Crippen molar-refractivity contribution in [3.05, 3.63) is 47.9 Å². The van der Waals surface area contributed by atoms with E-state index in [1.807, 2.05) is 6.07 Å². The lowest BCUT2D eigenvalue weighted by Crippen LogP contribution is -2.39. The number of hydrogen-bond donors (Lipinski definition) is 4. The Morgan fingerprint density at radius 1 is 1.00 bits per heavy atom. The second kappa shape index (κ2) is 13.2. The maximum absolute atomic E-state index is 11.5. The number of aromatic nitrogens is 2. The molecule has 0 saturated carbocycles. The zero-order chi connectivity index (χ0) is 23.3. The van der Waals surface area contributed by atoms with Gasteiger partial charge in [0.1, 0.15) is 24.4 Å². The Bertz CT molecular complexity index is 845. The number of carboxylic acids is 2. The molecule has 0 aliphatic carbocycles. The van der Waals surface area contributed by atoms with Gasteiger partial charge in [-0.2, -0.15) is 0 Å². The molecule has 0 aliphatic heterocycles. The monoisotopic (exact) mass is 446 g/mol. The van der Waals surface area contributed by atoms with Crippen LogP contribution in [0.2, 0.25) is 0 Å². The summed E-state index contributed by atoms with van der Waals surface area (Å²) in [5, 5.41) is 24.2. The summed E-state index contributed by atoms with van der Waals surface area (Å²) in [7, 11) is 3.16. The van der Waals surface area contributed by atoms with E-state index in [0.717, 1.165) is 11.3 Å². The van der Waals surface area contributed by atoms with Crippen LogP contribution < -0.4 is 20.1 Å². The molecule has 174 valence electrons. The van der Waals surface area contributed by atoms with Crippen LogP contribution in [0.3, 0.4) is 0 Å². The molecule has 0 aromatic carbocycles. The fraction of sp³-hybridized carbons (Fsp3) is 0.455. The molecule has 10 nitrogen and oxygen atoms in total. The standard InChI is InChI=1S/C22H30N4O6/c1-23-18(21(27)28)9-6-16-5-7-17(14-25-16)32-12-11-24-19(22(29)30)8-3-15-4-10-20(31-2)26-13-15/h4-5,7,10,13-14,18-19,23-24H,3,6,8-9,11-12H2,1-2H3,(H,27,28)(H,29,30)/t18-,19-/m0/s1. The fourth-order valence-electron chi connectivity index (χ4n) is 3.03. The normalized spacial score (nSPS) is 12.7. The van der Waals surface area contributed by atoms with E-state index in [-0.39, 0.29) is 6.61 Å². The number of methoxy groups -OCH3 is 1. The lowest BCUT2D eigenvalue weighted by molar-refractivity contribution is -0.140. The minimum absolute atomic E-state index is 0.287. The lowest BCUT2D eigenvalue weighted by Gasteiger charge is -2.15. The molecular weight excluding hydrogens is 416 g/mol. The van der Waals surface area contributed by atoms with Crippen molar-refractivity contribution in [1.29, 1.82) is 0 Å². The van der Waals surface area contributed by atoms with Crippen molar-refractivity contribution < 1.29 is 29.3 Å². The first kappa shape index (κ1) is 25.0. The van der Waals surface area contributed by atoms with Crippen molar-refractivity contribution in [2.45, 2.75) is 37.8 Å². The summed E-state index contributed by atoms with van der Waals surface area (Å²) in [6.45, 7) is 0.651. The van der Waals surface area contributed by atoms with Gasteiger partial charge in [0.05, 0.1) is 13.3 Å². The minimum Gasteiger partial charge on any atom is -0.491 e. The highest BCUT2D eigenvalue weighted by molar-refractivity contribution is 5.73. The first-order chi connectivity index (χ1) is 15.4. The SMILES string of the molecule is CN[C@@H](CCc1ccc(OCCN[C@@H](CCc2ccc(OC)nc2)C(=O)O)cn1)C(=O)O. The highest BCUT2D eigenvalue weighted by Gasteiger charge is 2.17. The van der Waals surface area contributed by atoms with Gasteiger partial charge < -0.3 is 30.3 Å². The van der Waals surface area contributed by atoms with Crippen molar-refractivity contribution >= 4 is 11.9 Å². The molecule has 0 bridgehead atoms. The van der Waals surface area contributed by atoms with E-state index < -0.39 is 24.0 Å². The van der Waals surface area contributed by atoms with Crippen LogP contribution in [-0.4, -0.2) is 71.5 Å². The Morgan fingerprint density at radius 3 is 2.31 bits per heavy atom. The van der Waals surface area contributed by atoms with Crippen molar-refractivity contribution in [2.75, 3.05) is 27.3 Å². The van der Waals surface area contributed by atoms with Crippen molar-refractivity contribution in [2.24, 2.45) is 0 Å². The molecule has 2 atom stereocenters. The number of hydrogen-bond acceptors (Lipinski definition) is 8. The quantitative estimate of drug-likeness (QED) is 0.294.